The number of hydrogen-bond donors (Lipinski definition) is 2. The molecule has 31 heavy (non-hydrogen) atoms. The maximum atomic E-state index is 11.9. The number of nitrogens with zero attached hydrogens (tertiary/aromatic N) is 1. The van der Waals surface area contributed by atoms with Crippen LogP contribution in [0.3, 0.4) is 0 Å². The fourth-order valence-corrected chi connectivity index (χ4v) is 3.44. The molecular formula is C21H27N3O7. The van der Waals surface area contributed by atoms with Gasteiger partial charge in [0.2, 0.25) is 13.4 Å². The van der Waals surface area contributed by atoms with E-state index in [2.05, 4.69) is 22.7 Å². The topological polar surface area (TPSA) is 125 Å². The maximum Gasteiger partial charge on any atom is 0.347 e. The molecule has 2 unspecified atom stereocenters. The van der Waals surface area contributed by atoms with Gasteiger partial charge in [0.25, 0.3) is 5.91 Å². The summed E-state index contributed by atoms with van der Waals surface area (Å²) in [6, 6.07) is 4.77. The quantitative estimate of drug-likeness (QED) is 0.383. The standard InChI is InChI=1S/C21H27N3O7/c1-13-5-3-4-6-16(13)22-21(27)23-19(25)10-28-20(26)11-31-24-14(2)15-7-8-17-18(9-15)30-12-29-17/h7-9,13,16H,3-6,10-12H2,1-2H3,(H2,22,23,25,27)/b24-14+. The van der Waals surface area contributed by atoms with E-state index in [4.69, 9.17) is 19.0 Å². The Hall–Kier alpha value is -3.30. The molecule has 1 aliphatic heterocycles. The summed E-state index contributed by atoms with van der Waals surface area (Å²) in [6.45, 7) is 2.90. The zero-order valence-corrected chi connectivity index (χ0v) is 17.6. The van der Waals surface area contributed by atoms with E-state index in [0.717, 1.165) is 31.2 Å². The monoisotopic (exact) mass is 433 g/mol. The van der Waals surface area contributed by atoms with Gasteiger partial charge in [0.05, 0.1) is 5.71 Å². The molecule has 0 radical (unpaired) electrons. The van der Waals surface area contributed by atoms with Gasteiger partial charge in [0, 0.05) is 11.6 Å². The highest BCUT2D eigenvalue weighted by Gasteiger charge is 2.23. The molecule has 2 aliphatic rings. The number of nitrogens with one attached hydrogen (secondary N) is 2. The van der Waals surface area contributed by atoms with E-state index in [9.17, 15) is 14.4 Å². The molecule has 2 atom stereocenters. The lowest BCUT2D eigenvalue weighted by Gasteiger charge is -2.29. The van der Waals surface area contributed by atoms with Gasteiger partial charge in [-0.25, -0.2) is 9.59 Å². The minimum Gasteiger partial charge on any atom is -0.454 e. The smallest absolute Gasteiger partial charge is 0.347 e. The molecule has 0 aromatic heterocycles. The number of benzene rings is 1. The van der Waals surface area contributed by atoms with Crippen LogP contribution in [-0.4, -0.2) is 49.7 Å². The van der Waals surface area contributed by atoms with Crippen LogP contribution in [0.2, 0.25) is 0 Å². The number of carbonyl (C=O) groups excluding carboxylic acids is 3. The minimum absolute atomic E-state index is 0.0448. The molecule has 2 N–H and O–H groups in total. The Bertz CT molecular complexity index is 855. The van der Waals surface area contributed by atoms with Crippen LogP contribution in [0.25, 0.3) is 0 Å². The Labute approximate surface area is 180 Å². The van der Waals surface area contributed by atoms with Gasteiger partial charge in [-0.05, 0) is 43.9 Å². The Morgan fingerprint density at radius 1 is 1.13 bits per heavy atom. The SMILES string of the molecule is C/C(=N\OCC(=O)OCC(=O)NC(=O)NC1CCCCC1C)c1ccc2c(c1)OCO2. The lowest BCUT2D eigenvalue weighted by Crippen LogP contribution is -2.48. The van der Waals surface area contributed by atoms with Gasteiger partial charge in [0.15, 0.2) is 18.1 Å². The molecule has 3 amide bonds. The van der Waals surface area contributed by atoms with Crippen LogP contribution in [0.1, 0.15) is 45.1 Å². The molecule has 10 nitrogen and oxygen atoms in total. The van der Waals surface area contributed by atoms with Gasteiger partial charge < -0.3 is 24.4 Å². The third kappa shape index (κ3) is 6.59. The van der Waals surface area contributed by atoms with Crippen LogP contribution < -0.4 is 20.1 Å². The van der Waals surface area contributed by atoms with E-state index in [1.165, 1.54) is 0 Å². The first kappa shape index (κ1) is 22.4. The highest BCUT2D eigenvalue weighted by molar-refractivity contribution is 5.99. The molecule has 1 aromatic carbocycles. The number of carbonyl (C=O) groups is 3. The fraction of sp³-hybridized carbons (Fsp3) is 0.524. The molecule has 1 fully saturated rings. The number of amides is 3. The molecule has 0 spiro atoms. The number of hydrogen-bond acceptors (Lipinski definition) is 8. The van der Waals surface area contributed by atoms with Gasteiger partial charge in [-0.15, -0.1) is 0 Å². The third-order valence-corrected chi connectivity index (χ3v) is 5.22. The van der Waals surface area contributed by atoms with Crippen molar-refractivity contribution in [1.82, 2.24) is 10.6 Å². The number of ether oxygens (including phenoxy) is 3. The fourth-order valence-electron chi connectivity index (χ4n) is 3.44. The number of imide groups is 1. The summed E-state index contributed by atoms with van der Waals surface area (Å²) in [4.78, 5) is 40.4. The van der Waals surface area contributed by atoms with Crippen molar-refractivity contribution in [3.05, 3.63) is 23.8 Å². The van der Waals surface area contributed by atoms with Crippen molar-refractivity contribution in [2.24, 2.45) is 11.1 Å². The summed E-state index contributed by atoms with van der Waals surface area (Å²) < 4.78 is 15.4. The van der Waals surface area contributed by atoms with Crippen LogP contribution in [0, 0.1) is 5.92 Å². The van der Waals surface area contributed by atoms with Crippen molar-refractivity contribution in [3.63, 3.8) is 0 Å². The van der Waals surface area contributed by atoms with Crippen LogP contribution in [0.5, 0.6) is 11.5 Å². The largest absolute Gasteiger partial charge is 0.454 e. The summed E-state index contributed by atoms with van der Waals surface area (Å²) in [5, 5.41) is 8.82. The second-order valence-electron chi connectivity index (χ2n) is 7.57. The van der Waals surface area contributed by atoms with Gasteiger partial charge >= 0.3 is 12.0 Å². The Balaban J connectivity index is 1.34. The molecule has 1 heterocycles. The van der Waals surface area contributed by atoms with Crippen LogP contribution in [0.15, 0.2) is 23.4 Å². The lowest BCUT2D eigenvalue weighted by atomic mass is 9.86. The van der Waals surface area contributed by atoms with Gasteiger partial charge in [-0.3, -0.25) is 10.1 Å². The average molecular weight is 433 g/mol. The van der Waals surface area contributed by atoms with Crippen molar-refractivity contribution in [2.45, 2.75) is 45.6 Å². The zero-order valence-electron chi connectivity index (χ0n) is 17.6. The Kier molecular flexibility index (Phi) is 7.69. The first-order valence-electron chi connectivity index (χ1n) is 10.2. The molecule has 0 saturated heterocycles. The summed E-state index contributed by atoms with van der Waals surface area (Å²) in [5.74, 6) is 0.139. The number of urea groups is 1. The number of oxime groups is 1. The Morgan fingerprint density at radius 3 is 2.71 bits per heavy atom. The molecule has 0 bridgehead atoms. The molecule has 168 valence electrons. The maximum absolute atomic E-state index is 11.9. The van der Waals surface area contributed by atoms with Crippen molar-refractivity contribution in [3.8, 4) is 11.5 Å². The average Bonchev–Trinajstić information content (AvgIpc) is 3.21. The van der Waals surface area contributed by atoms with Crippen molar-refractivity contribution < 1.29 is 33.4 Å². The first-order valence-corrected chi connectivity index (χ1v) is 10.2. The van der Waals surface area contributed by atoms with E-state index in [-0.39, 0.29) is 12.8 Å². The number of esters is 1. The summed E-state index contributed by atoms with van der Waals surface area (Å²) in [7, 11) is 0. The van der Waals surface area contributed by atoms with E-state index >= 15 is 0 Å². The van der Waals surface area contributed by atoms with Crippen LogP contribution >= 0.6 is 0 Å². The highest BCUT2D eigenvalue weighted by Crippen LogP contribution is 2.32. The summed E-state index contributed by atoms with van der Waals surface area (Å²) in [5.41, 5.74) is 1.27. The van der Waals surface area contributed by atoms with E-state index in [1.807, 2.05) is 0 Å². The first-order chi connectivity index (χ1) is 14.9. The van der Waals surface area contributed by atoms with Gasteiger partial charge in [-0.2, -0.15) is 0 Å². The summed E-state index contributed by atoms with van der Waals surface area (Å²) in [6.07, 6.45) is 4.14. The molecule has 1 saturated carbocycles. The number of fused-ring (bicyclic) bond motifs is 1. The molecular weight excluding hydrogens is 406 g/mol. The van der Waals surface area contributed by atoms with Gasteiger partial charge in [-0.1, -0.05) is 24.9 Å². The van der Waals surface area contributed by atoms with E-state index in [1.54, 1.807) is 25.1 Å². The zero-order chi connectivity index (χ0) is 22.2. The second-order valence-corrected chi connectivity index (χ2v) is 7.57. The van der Waals surface area contributed by atoms with Crippen molar-refractivity contribution in [2.75, 3.05) is 20.0 Å². The van der Waals surface area contributed by atoms with E-state index in [0.29, 0.717) is 23.1 Å². The van der Waals surface area contributed by atoms with Crippen molar-refractivity contribution >= 4 is 23.6 Å². The summed E-state index contributed by atoms with van der Waals surface area (Å²) >= 11 is 0. The predicted molar refractivity (Wildman–Crippen MR) is 110 cm³/mol. The predicted octanol–water partition coefficient (Wildman–Crippen LogP) is 2.10. The molecule has 3 rings (SSSR count). The van der Waals surface area contributed by atoms with Gasteiger partial charge in [0.1, 0.15) is 0 Å². The van der Waals surface area contributed by atoms with Crippen molar-refractivity contribution in [1.29, 1.82) is 0 Å². The Morgan fingerprint density at radius 2 is 1.90 bits per heavy atom. The second kappa shape index (κ2) is 10.6. The van der Waals surface area contributed by atoms with E-state index < -0.39 is 31.1 Å². The lowest BCUT2D eigenvalue weighted by molar-refractivity contribution is -0.152. The molecule has 1 aromatic rings. The van der Waals surface area contributed by atoms with Crippen LogP contribution in [0.4, 0.5) is 4.79 Å². The normalized spacial score (nSPS) is 20.0. The highest BCUT2D eigenvalue weighted by atomic mass is 16.7. The minimum atomic E-state index is -0.779. The third-order valence-electron chi connectivity index (χ3n) is 5.22. The van der Waals surface area contributed by atoms with Crippen LogP contribution in [-0.2, 0) is 19.2 Å². The molecule has 1 aliphatic carbocycles. The molecule has 10 heteroatoms. The number of rotatable bonds is 7.